The molecule has 0 unspecified atom stereocenters. The van der Waals surface area contributed by atoms with Crippen molar-refractivity contribution in [1.82, 2.24) is 14.8 Å². The second kappa shape index (κ2) is 6.16. The number of aryl methyl sites for hydroxylation is 2. The third-order valence-corrected chi connectivity index (χ3v) is 3.90. The van der Waals surface area contributed by atoms with Gasteiger partial charge < -0.3 is 4.98 Å². The number of nitrogens with zero attached hydrogens (tertiary/aromatic N) is 3. The predicted octanol–water partition coefficient (Wildman–Crippen LogP) is 2.36. The van der Waals surface area contributed by atoms with Crippen LogP contribution in [0.25, 0.3) is 11.1 Å². The number of benzene rings is 1. The summed E-state index contributed by atoms with van der Waals surface area (Å²) in [6, 6.07) is 13.0. The van der Waals surface area contributed by atoms with Gasteiger partial charge in [0.15, 0.2) is 5.82 Å². The summed E-state index contributed by atoms with van der Waals surface area (Å²) in [5.74, 6) is 0.0934. The molecule has 122 valence electrons. The molecule has 0 fully saturated rings. The first-order valence-corrected chi connectivity index (χ1v) is 7.54. The van der Waals surface area contributed by atoms with Crippen molar-refractivity contribution >= 4 is 11.7 Å². The Morgan fingerprint density at radius 3 is 2.54 bits per heavy atom. The van der Waals surface area contributed by atoms with E-state index in [4.69, 9.17) is 0 Å². The van der Waals surface area contributed by atoms with Crippen LogP contribution in [0.15, 0.2) is 53.5 Å². The lowest BCUT2D eigenvalue weighted by Gasteiger charge is -2.15. The van der Waals surface area contributed by atoms with E-state index in [9.17, 15) is 9.59 Å². The quantitative estimate of drug-likeness (QED) is 0.804. The average Bonchev–Trinajstić information content (AvgIpc) is 3.01. The Labute approximate surface area is 139 Å². The number of hydrogen-bond acceptors (Lipinski definition) is 3. The molecule has 0 radical (unpaired) electrons. The number of hydrogen-bond donors (Lipinski definition) is 1. The Bertz CT molecular complexity index is 941. The highest BCUT2D eigenvalue weighted by molar-refractivity contribution is 6.05. The Kier molecular flexibility index (Phi) is 4.04. The Balaban J connectivity index is 2.05. The monoisotopic (exact) mass is 322 g/mol. The van der Waals surface area contributed by atoms with E-state index in [-0.39, 0.29) is 5.56 Å². The zero-order chi connectivity index (χ0) is 17.3. The zero-order valence-electron chi connectivity index (χ0n) is 13.8. The fourth-order valence-corrected chi connectivity index (χ4v) is 2.57. The minimum absolute atomic E-state index is 0.0904. The molecule has 2 heterocycles. The summed E-state index contributed by atoms with van der Waals surface area (Å²) >= 11 is 0. The maximum absolute atomic E-state index is 12.7. The number of amides is 1. The van der Waals surface area contributed by atoms with E-state index in [1.807, 2.05) is 37.3 Å². The van der Waals surface area contributed by atoms with Gasteiger partial charge in [-0.25, -0.2) is 0 Å². The van der Waals surface area contributed by atoms with Crippen LogP contribution in [0.4, 0.5) is 5.82 Å². The fraction of sp³-hybridized carbons (Fsp3) is 0.167. The average molecular weight is 322 g/mol. The molecule has 0 spiro atoms. The van der Waals surface area contributed by atoms with E-state index >= 15 is 0 Å². The molecular weight excluding hydrogens is 304 g/mol. The molecule has 3 rings (SSSR count). The molecule has 24 heavy (non-hydrogen) atoms. The van der Waals surface area contributed by atoms with Gasteiger partial charge in [-0.3, -0.25) is 19.2 Å². The molecular formula is C18H18N4O2. The van der Waals surface area contributed by atoms with E-state index in [0.29, 0.717) is 5.82 Å². The number of carbonyl (C=O) groups is 1. The molecule has 0 aliphatic rings. The van der Waals surface area contributed by atoms with Gasteiger partial charge >= 0.3 is 0 Å². The van der Waals surface area contributed by atoms with Crippen LogP contribution < -0.4 is 10.5 Å². The number of aromatic amines is 1. The second-order valence-electron chi connectivity index (χ2n) is 5.63. The maximum atomic E-state index is 12.7. The highest BCUT2D eigenvalue weighted by Crippen LogP contribution is 2.22. The molecule has 0 saturated carbocycles. The smallest absolute Gasteiger partial charge is 0.264 e. The van der Waals surface area contributed by atoms with Crippen LogP contribution in [-0.4, -0.2) is 27.7 Å². The molecule has 6 nitrogen and oxygen atoms in total. The van der Waals surface area contributed by atoms with Gasteiger partial charge in [0.05, 0.1) is 0 Å². The SMILES string of the molecule is Cc1[nH]c(=O)c(C(=O)N(C)c2ccn(C)n2)cc1-c1ccccc1. The maximum Gasteiger partial charge on any atom is 0.264 e. The molecule has 6 heteroatoms. The summed E-state index contributed by atoms with van der Waals surface area (Å²) in [6.45, 7) is 1.82. The van der Waals surface area contributed by atoms with Crippen LogP contribution in [0.2, 0.25) is 0 Å². The second-order valence-corrected chi connectivity index (χ2v) is 5.63. The number of rotatable bonds is 3. The first-order valence-electron chi connectivity index (χ1n) is 7.54. The van der Waals surface area contributed by atoms with Gasteiger partial charge in [-0.05, 0) is 18.6 Å². The molecule has 3 aromatic rings. The summed E-state index contributed by atoms with van der Waals surface area (Å²) in [4.78, 5) is 29.1. The van der Waals surface area contributed by atoms with E-state index in [2.05, 4.69) is 10.1 Å². The van der Waals surface area contributed by atoms with Crippen LogP contribution in [-0.2, 0) is 7.05 Å². The number of H-pyrrole nitrogens is 1. The number of aromatic nitrogens is 3. The lowest BCUT2D eigenvalue weighted by Crippen LogP contribution is -2.32. The van der Waals surface area contributed by atoms with Crippen LogP contribution in [0, 0.1) is 6.92 Å². The predicted molar refractivity (Wildman–Crippen MR) is 93.2 cm³/mol. The molecule has 1 N–H and O–H groups in total. The number of nitrogens with one attached hydrogen (secondary N) is 1. The molecule has 0 saturated heterocycles. The lowest BCUT2D eigenvalue weighted by molar-refractivity contribution is 0.0991. The van der Waals surface area contributed by atoms with Gasteiger partial charge in [0.25, 0.3) is 11.5 Å². The summed E-state index contributed by atoms with van der Waals surface area (Å²) in [6.07, 6.45) is 1.74. The first-order chi connectivity index (χ1) is 11.5. The standard InChI is InChI=1S/C18H18N4O2/c1-12-14(13-7-5-4-6-8-13)11-15(17(23)19-12)18(24)22(3)16-9-10-21(2)20-16/h4-11H,1-3H3,(H,19,23). The van der Waals surface area contributed by atoms with E-state index in [1.54, 1.807) is 37.1 Å². The van der Waals surface area contributed by atoms with Gasteiger partial charge in [-0.1, -0.05) is 30.3 Å². The molecule has 1 amide bonds. The highest BCUT2D eigenvalue weighted by Gasteiger charge is 2.20. The highest BCUT2D eigenvalue weighted by atomic mass is 16.2. The third kappa shape index (κ3) is 2.86. The Morgan fingerprint density at radius 1 is 1.21 bits per heavy atom. The van der Waals surface area contributed by atoms with Gasteiger partial charge in [0.2, 0.25) is 0 Å². The van der Waals surface area contributed by atoms with Crippen molar-refractivity contribution in [2.75, 3.05) is 11.9 Å². The van der Waals surface area contributed by atoms with E-state index in [0.717, 1.165) is 16.8 Å². The van der Waals surface area contributed by atoms with Gasteiger partial charge in [0, 0.05) is 37.6 Å². The largest absolute Gasteiger partial charge is 0.325 e. The number of anilines is 1. The fourth-order valence-electron chi connectivity index (χ4n) is 2.57. The topological polar surface area (TPSA) is 71.0 Å². The molecule has 0 atom stereocenters. The summed E-state index contributed by atoms with van der Waals surface area (Å²) in [5.41, 5.74) is 2.18. The third-order valence-electron chi connectivity index (χ3n) is 3.90. The van der Waals surface area contributed by atoms with Crippen LogP contribution in [0.1, 0.15) is 16.1 Å². The zero-order valence-corrected chi connectivity index (χ0v) is 13.8. The molecule has 0 aliphatic heterocycles. The van der Waals surface area contributed by atoms with Crippen molar-refractivity contribution < 1.29 is 4.79 Å². The van der Waals surface area contributed by atoms with Crippen molar-refractivity contribution in [2.45, 2.75) is 6.92 Å². The summed E-state index contributed by atoms with van der Waals surface area (Å²) < 4.78 is 1.61. The van der Waals surface area contributed by atoms with Crippen molar-refractivity contribution in [3.63, 3.8) is 0 Å². The number of pyridine rings is 1. The molecule has 0 aliphatic carbocycles. The van der Waals surface area contributed by atoms with Crippen LogP contribution in [0.3, 0.4) is 0 Å². The van der Waals surface area contributed by atoms with Crippen molar-refractivity contribution in [3.05, 3.63) is 70.3 Å². The lowest BCUT2D eigenvalue weighted by atomic mass is 10.0. The van der Waals surface area contributed by atoms with Gasteiger partial charge in [-0.2, -0.15) is 5.10 Å². The van der Waals surface area contributed by atoms with Crippen molar-refractivity contribution in [2.24, 2.45) is 7.05 Å². The summed E-state index contributed by atoms with van der Waals surface area (Å²) in [5, 5.41) is 4.19. The van der Waals surface area contributed by atoms with Gasteiger partial charge in [-0.15, -0.1) is 0 Å². The normalized spacial score (nSPS) is 10.6. The van der Waals surface area contributed by atoms with E-state index in [1.165, 1.54) is 4.90 Å². The van der Waals surface area contributed by atoms with E-state index < -0.39 is 11.5 Å². The van der Waals surface area contributed by atoms with Crippen molar-refractivity contribution in [3.8, 4) is 11.1 Å². The Hall–Kier alpha value is -3.15. The molecule has 0 bridgehead atoms. The molecule has 1 aromatic carbocycles. The molecule has 2 aromatic heterocycles. The minimum Gasteiger partial charge on any atom is -0.325 e. The summed E-state index contributed by atoms with van der Waals surface area (Å²) in [7, 11) is 3.38. The number of carbonyl (C=O) groups excluding carboxylic acids is 1. The van der Waals surface area contributed by atoms with Gasteiger partial charge in [0.1, 0.15) is 5.56 Å². The van der Waals surface area contributed by atoms with Crippen LogP contribution in [0.5, 0.6) is 0 Å². The van der Waals surface area contributed by atoms with Crippen LogP contribution >= 0.6 is 0 Å². The minimum atomic E-state index is -0.403. The first kappa shape index (κ1) is 15.7. The van der Waals surface area contributed by atoms with Crippen molar-refractivity contribution in [1.29, 1.82) is 0 Å². The Morgan fingerprint density at radius 2 is 1.92 bits per heavy atom.